The highest BCUT2D eigenvalue weighted by Gasteiger charge is 2.24. The van der Waals surface area contributed by atoms with Crippen molar-refractivity contribution in [2.45, 2.75) is 25.4 Å². The molecule has 0 bridgehead atoms. The lowest BCUT2D eigenvalue weighted by atomic mass is 10.0. The summed E-state index contributed by atoms with van der Waals surface area (Å²) < 4.78 is 5.44. The molecule has 0 radical (unpaired) electrons. The summed E-state index contributed by atoms with van der Waals surface area (Å²) in [4.78, 5) is 27.1. The van der Waals surface area contributed by atoms with Gasteiger partial charge in [-0.15, -0.1) is 0 Å². The van der Waals surface area contributed by atoms with E-state index in [1.807, 2.05) is 43.7 Å². The minimum atomic E-state index is 0.487. The summed E-state index contributed by atoms with van der Waals surface area (Å²) in [7, 11) is 6.06. The van der Waals surface area contributed by atoms with Gasteiger partial charge in [0.2, 0.25) is 11.9 Å². The monoisotopic (exact) mass is 412 g/mol. The zero-order chi connectivity index (χ0) is 20.9. The van der Waals surface area contributed by atoms with Crippen LogP contribution in [0.5, 0.6) is 0 Å². The minimum Gasteiger partial charge on any atom is -0.378 e. The van der Waals surface area contributed by atoms with Crippen LogP contribution >= 0.6 is 0 Å². The van der Waals surface area contributed by atoms with Crippen molar-refractivity contribution in [1.82, 2.24) is 24.8 Å². The van der Waals surface area contributed by atoms with Gasteiger partial charge < -0.3 is 19.4 Å². The second-order valence-corrected chi connectivity index (χ2v) is 8.22. The van der Waals surface area contributed by atoms with E-state index in [-0.39, 0.29) is 0 Å². The van der Waals surface area contributed by atoms with Gasteiger partial charge in [-0.3, -0.25) is 4.90 Å². The summed E-state index contributed by atoms with van der Waals surface area (Å²) >= 11 is 0. The lowest BCUT2D eigenvalue weighted by molar-refractivity contribution is 0.122. The third-order valence-electron chi connectivity index (χ3n) is 5.89. The van der Waals surface area contributed by atoms with Gasteiger partial charge in [0.05, 0.1) is 13.2 Å². The second-order valence-electron chi connectivity index (χ2n) is 8.22. The molecular weight excluding hydrogens is 380 g/mol. The van der Waals surface area contributed by atoms with Crippen molar-refractivity contribution in [3.63, 3.8) is 0 Å². The Bertz CT molecular complexity index is 801. The first-order valence-corrected chi connectivity index (χ1v) is 10.7. The second kappa shape index (κ2) is 9.53. The molecule has 4 heterocycles. The molecular formula is C21H32N8O. The van der Waals surface area contributed by atoms with Gasteiger partial charge in [-0.05, 0) is 18.9 Å². The van der Waals surface area contributed by atoms with Gasteiger partial charge in [-0.2, -0.15) is 4.98 Å². The molecule has 2 aromatic heterocycles. The van der Waals surface area contributed by atoms with Gasteiger partial charge in [0.15, 0.2) is 0 Å². The van der Waals surface area contributed by atoms with Crippen molar-refractivity contribution < 1.29 is 4.74 Å². The molecule has 0 spiro atoms. The maximum atomic E-state index is 5.44. The molecule has 30 heavy (non-hydrogen) atoms. The summed E-state index contributed by atoms with van der Waals surface area (Å²) in [6.45, 7) is 6.21. The van der Waals surface area contributed by atoms with Crippen molar-refractivity contribution in [2.24, 2.45) is 0 Å². The number of nitrogens with zero attached hydrogens (tertiary/aromatic N) is 8. The van der Waals surface area contributed by atoms with Crippen LogP contribution < -0.4 is 14.7 Å². The Labute approximate surface area is 178 Å². The van der Waals surface area contributed by atoms with E-state index in [1.165, 1.54) is 5.56 Å². The normalized spacial score (nSPS) is 18.4. The highest BCUT2D eigenvalue weighted by molar-refractivity contribution is 5.44. The molecule has 0 aromatic carbocycles. The highest BCUT2D eigenvalue weighted by Crippen LogP contribution is 2.23. The fourth-order valence-corrected chi connectivity index (χ4v) is 4.02. The molecule has 9 heteroatoms. The van der Waals surface area contributed by atoms with Crippen LogP contribution in [-0.4, -0.2) is 91.4 Å². The average molecular weight is 413 g/mol. The summed E-state index contributed by atoms with van der Waals surface area (Å²) in [5.74, 6) is 2.55. The molecule has 2 aliphatic heterocycles. The SMILES string of the molecule is CN(C)c1ncc(CN2CCC(N(C)c3ccnc(N4CCOCC4)n3)CC2)cn1. The number of piperidine rings is 1. The number of hydrogen-bond donors (Lipinski definition) is 0. The number of morpholine rings is 1. The van der Waals surface area contributed by atoms with Crippen molar-refractivity contribution in [2.75, 3.05) is 75.2 Å². The third kappa shape index (κ3) is 4.96. The van der Waals surface area contributed by atoms with Crippen LogP contribution in [0.15, 0.2) is 24.7 Å². The van der Waals surface area contributed by atoms with Crippen molar-refractivity contribution in [1.29, 1.82) is 0 Å². The topological polar surface area (TPSA) is 73.8 Å². The number of likely N-dealkylation sites (tertiary alicyclic amines) is 1. The van der Waals surface area contributed by atoms with Gasteiger partial charge >= 0.3 is 0 Å². The van der Waals surface area contributed by atoms with E-state index in [2.05, 4.69) is 36.7 Å². The summed E-state index contributed by atoms with van der Waals surface area (Å²) in [6.07, 6.45) is 7.98. The Morgan fingerprint density at radius 1 is 1.00 bits per heavy atom. The number of aromatic nitrogens is 4. The molecule has 0 aliphatic carbocycles. The molecule has 9 nitrogen and oxygen atoms in total. The van der Waals surface area contributed by atoms with Crippen LogP contribution in [0, 0.1) is 0 Å². The number of rotatable bonds is 6. The molecule has 2 saturated heterocycles. The number of ether oxygens (including phenoxy) is 1. The number of anilines is 3. The molecule has 4 rings (SSSR count). The maximum absolute atomic E-state index is 5.44. The molecule has 0 saturated carbocycles. The Kier molecular flexibility index (Phi) is 6.59. The van der Waals surface area contributed by atoms with E-state index in [4.69, 9.17) is 9.72 Å². The molecule has 162 valence electrons. The van der Waals surface area contributed by atoms with Gasteiger partial charge in [0.1, 0.15) is 5.82 Å². The van der Waals surface area contributed by atoms with E-state index in [9.17, 15) is 0 Å². The fraction of sp³-hybridized carbons (Fsp3) is 0.619. The predicted molar refractivity (Wildman–Crippen MR) is 118 cm³/mol. The van der Waals surface area contributed by atoms with Gasteiger partial charge in [-0.1, -0.05) is 0 Å². The molecule has 0 N–H and O–H groups in total. The molecule has 0 unspecified atom stereocenters. The maximum Gasteiger partial charge on any atom is 0.227 e. The Morgan fingerprint density at radius 2 is 1.70 bits per heavy atom. The average Bonchev–Trinajstić information content (AvgIpc) is 2.80. The Morgan fingerprint density at radius 3 is 2.37 bits per heavy atom. The van der Waals surface area contributed by atoms with Gasteiger partial charge in [-0.25, -0.2) is 15.0 Å². The zero-order valence-corrected chi connectivity index (χ0v) is 18.2. The standard InChI is InChI=1S/C21H32N8O/c1-26(2)20-23-14-17(15-24-20)16-28-8-5-18(6-9-28)27(3)19-4-7-22-21(25-19)29-10-12-30-13-11-29/h4,7,14-15,18H,5-6,8-13,16H2,1-3H3. The van der Waals surface area contributed by atoms with Crippen LogP contribution in [0.4, 0.5) is 17.7 Å². The lowest BCUT2D eigenvalue weighted by Gasteiger charge is -2.37. The smallest absolute Gasteiger partial charge is 0.227 e. The van der Waals surface area contributed by atoms with E-state index in [0.29, 0.717) is 6.04 Å². The van der Waals surface area contributed by atoms with Crippen molar-refractivity contribution >= 4 is 17.7 Å². The molecule has 0 amide bonds. The molecule has 2 fully saturated rings. The Balaban J connectivity index is 1.31. The van der Waals surface area contributed by atoms with Crippen LogP contribution in [0.25, 0.3) is 0 Å². The zero-order valence-electron chi connectivity index (χ0n) is 18.2. The lowest BCUT2D eigenvalue weighted by Crippen LogP contribution is -2.43. The fourth-order valence-electron chi connectivity index (χ4n) is 4.02. The molecule has 2 aromatic rings. The number of hydrogen-bond acceptors (Lipinski definition) is 9. The quantitative estimate of drug-likeness (QED) is 0.697. The van der Waals surface area contributed by atoms with E-state index in [1.54, 1.807) is 0 Å². The van der Waals surface area contributed by atoms with E-state index < -0.39 is 0 Å². The first-order valence-electron chi connectivity index (χ1n) is 10.7. The minimum absolute atomic E-state index is 0.487. The third-order valence-corrected chi connectivity index (χ3v) is 5.89. The van der Waals surface area contributed by atoms with Crippen LogP contribution in [0.2, 0.25) is 0 Å². The van der Waals surface area contributed by atoms with Gasteiger partial charge in [0.25, 0.3) is 0 Å². The highest BCUT2D eigenvalue weighted by atomic mass is 16.5. The van der Waals surface area contributed by atoms with E-state index >= 15 is 0 Å². The summed E-state index contributed by atoms with van der Waals surface area (Å²) in [5.41, 5.74) is 1.17. The van der Waals surface area contributed by atoms with Crippen LogP contribution in [0.3, 0.4) is 0 Å². The molecule has 0 atom stereocenters. The Hall–Kier alpha value is -2.52. The van der Waals surface area contributed by atoms with Crippen LogP contribution in [0.1, 0.15) is 18.4 Å². The van der Waals surface area contributed by atoms with E-state index in [0.717, 1.165) is 76.5 Å². The predicted octanol–water partition coefficient (Wildman–Crippen LogP) is 1.27. The molecule has 2 aliphatic rings. The first-order chi connectivity index (χ1) is 14.6. The largest absolute Gasteiger partial charge is 0.378 e. The van der Waals surface area contributed by atoms with Crippen molar-refractivity contribution in [3.05, 3.63) is 30.2 Å². The first kappa shape index (κ1) is 20.7. The van der Waals surface area contributed by atoms with Crippen molar-refractivity contribution in [3.8, 4) is 0 Å². The van der Waals surface area contributed by atoms with Gasteiger partial charge in [0, 0.05) is 84.1 Å². The summed E-state index contributed by atoms with van der Waals surface area (Å²) in [6, 6.07) is 2.50. The van der Waals surface area contributed by atoms with Crippen LogP contribution in [-0.2, 0) is 11.3 Å². The summed E-state index contributed by atoms with van der Waals surface area (Å²) in [5, 5.41) is 0.